The summed E-state index contributed by atoms with van der Waals surface area (Å²) >= 11 is 1.11. The molecule has 0 N–H and O–H groups in total. The van der Waals surface area contributed by atoms with Crippen LogP contribution >= 0.6 is 11.3 Å². The Morgan fingerprint density at radius 3 is 2.55 bits per heavy atom. The molecule has 0 atom stereocenters. The van der Waals surface area contributed by atoms with Gasteiger partial charge >= 0.3 is 0 Å². The maximum Gasteiger partial charge on any atom is 0.250 e. The van der Waals surface area contributed by atoms with Gasteiger partial charge in [0.2, 0.25) is 5.13 Å². The Morgan fingerprint density at radius 2 is 1.82 bits per heavy atom. The molecule has 168 valence electrons. The second-order valence-corrected chi connectivity index (χ2v) is 10.5. The number of carbonyl (C=O) groups excluding carboxylic acids is 1. The number of aryl methyl sites for hydroxylation is 1. The van der Waals surface area contributed by atoms with Crippen LogP contribution in [0, 0.1) is 12.7 Å². The van der Waals surface area contributed by atoms with Crippen LogP contribution in [0.5, 0.6) is 0 Å². The molecule has 0 aliphatic carbocycles. The summed E-state index contributed by atoms with van der Waals surface area (Å²) in [5.41, 5.74) is 2.37. The summed E-state index contributed by atoms with van der Waals surface area (Å²) in [7, 11) is -3.64. The standard InChI is InChI=1S/C24H20FN3O3S2/c1-17-7-9-18(10-8-17)16-26-28(24-27-21-12-11-19(25)15-22(21)32-24)23(29)13-14-33(30,31)20-5-3-2-4-6-20/h2-12,15-16H,13-14H2,1H3/b26-16+. The third-order valence-electron chi connectivity index (χ3n) is 4.84. The molecule has 0 bridgehead atoms. The highest BCUT2D eigenvalue weighted by Gasteiger charge is 2.23. The van der Waals surface area contributed by atoms with Gasteiger partial charge in [0.15, 0.2) is 9.84 Å². The molecular formula is C24H20FN3O3S2. The fraction of sp³-hybridized carbons (Fsp3) is 0.125. The number of fused-ring (bicyclic) bond motifs is 1. The van der Waals surface area contributed by atoms with Gasteiger partial charge in [0.25, 0.3) is 5.91 Å². The van der Waals surface area contributed by atoms with Gasteiger partial charge in [-0.2, -0.15) is 10.1 Å². The average molecular weight is 482 g/mol. The summed E-state index contributed by atoms with van der Waals surface area (Å²) in [6, 6.07) is 19.7. The predicted octanol–water partition coefficient (Wildman–Crippen LogP) is 4.97. The Kier molecular flexibility index (Phi) is 6.62. The summed E-state index contributed by atoms with van der Waals surface area (Å²) in [6.45, 7) is 1.96. The Morgan fingerprint density at radius 1 is 1.09 bits per heavy atom. The third kappa shape index (κ3) is 5.50. The largest absolute Gasteiger partial charge is 0.272 e. The quantitative estimate of drug-likeness (QED) is 0.276. The van der Waals surface area contributed by atoms with Gasteiger partial charge < -0.3 is 0 Å². The van der Waals surface area contributed by atoms with E-state index >= 15 is 0 Å². The lowest BCUT2D eigenvalue weighted by atomic mass is 10.2. The normalized spacial score (nSPS) is 11.8. The van der Waals surface area contributed by atoms with E-state index in [1.165, 1.54) is 36.5 Å². The molecule has 3 aromatic carbocycles. The van der Waals surface area contributed by atoms with E-state index in [1.807, 2.05) is 31.2 Å². The summed E-state index contributed by atoms with van der Waals surface area (Å²) in [4.78, 5) is 17.6. The molecule has 6 nitrogen and oxygen atoms in total. The number of halogens is 1. The molecule has 4 rings (SSSR count). The molecule has 0 saturated heterocycles. The lowest BCUT2D eigenvalue weighted by Gasteiger charge is -2.14. The number of sulfone groups is 1. The van der Waals surface area contributed by atoms with Crippen molar-refractivity contribution < 1.29 is 17.6 Å². The van der Waals surface area contributed by atoms with Gasteiger partial charge in [0.05, 0.1) is 27.1 Å². The summed E-state index contributed by atoms with van der Waals surface area (Å²) in [6.07, 6.45) is 1.22. The van der Waals surface area contributed by atoms with Crippen LogP contribution in [0.4, 0.5) is 9.52 Å². The van der Waals surface area contributed by atoms with Crippen LogP contribution in [0.3, 0.4) is 0 Å². The number of nitrogens with zero attached hydrogens (tertiary/aromatic N) is 3. The number of hydrazone groups is 1. The molecule has 0 fully saturated rings. The van der Waals surface area contributed by atoms with Crippen LogP contribution in [0.25, 0.3) is 10.2 Å². The first kappa shape index (κ1) is 22.8. The van der Waals surface area contributed by atoms with Crippen LogP contribution in [0.15, 0.2) is 82.8 Å². The Labute approximate surface area is 194 Å². The van der Waals surface area contributed by atoms with Crippen molar-refractivity contribution in [1.82, 2.24) is 4.98 Å². The Hall–Kier alpha value is -3.43. The summed E-state index contributed by atoms with van der Waals surface area (Å²) in [5, 5.41) is 5.63. The number of rotatable bonds is 7. The minimum atomic E-state index is -3.64. The maximum atomic E-state index is 13.6. The molecule has 0 aliphatic rings. The molecule has 0 aliphatic heterocycles. The highest BCUT2D eigenvalue weighted by atomic mass is 32.2. The van der Waals surface area contributed by atoms with Gasteiger partial charge in [-0.1, -0.05) is 59.4 Å². The van der Waals surface area contributed by atoms with Crippen molar-refractivity contribution in [2.24, 2.45) is 5.10 Å². The summed E-state index contributed by atoms with van der Waals surface area (Å²) < 4.78 is 39.4. The van der Waals surface area contributed by atoms with E-state index in [1.54, 1.807) is 18.2 Å². The van der Waals surface area contributed by atoms with Crippen LogP contribution in [-0.2, 0) is 14.6 Å². The van der Waals surface area contributed by atoms with E-state index in [2.05, 4.69) is 10.1 Å². The third-order valence-corrected chi connectivity index (χ3v) is 7.57. The van der Waals surface area contributed by atoms with Gasteiger partial charge in [-0.25, -0.2) is 17.8 Å². The van der Waals surface area contributed by atoms with Crippen molar-refractivity contribution in [3.63, 3.8) is 0 Å². The predicted molar refractivity (Wildman–Crippen MR) is 129 cm³/mol. The zero-order valence-electron chi connectivity index (χ0n) is 17.7. The maximum absolute atomic E-state index is 13.6. The number of amides is 1. The SMILES string of the molecule is Cc1ccc(/C=N/N(C(=O)CCS(=O)(=O)c2ccccc2)c2nc3ccc(F)cc3s2)cc1. The fourth-order valence-corrected chi connectivity index (χ4v) is 5.26. The molecule has 1 heterocycles. The molecular weight excluding hydrogens is 461 g/mol. The van der Waals surface area contributed by atoms with Gasteiger partial charge in [-0.3, -0.25) is 4.79 Å². The molecule has 0 spiro atoms. The number of carbonyl (C=O) groups is 1. The first-order chi connectivity index (χ1) is 15.8. The van der Waals surface area contributed by atoms with E-state index in [9.17, 15) is 17.6 Å². The molecule has 1 aromatic heterocycles. The van der Waals surface area contributed by atoms with Gasteiger partial charge in [-0.15, -0.1) is 0 Å². The van der Waals surface area contributed by atoms with E-state index in [0.29, 0.717) is 10.2 Å². The molecule has 0 unspecified atom stereocenters. The Balaban J connectivity index is 1.62. The number of hydrogen-bond donors (Lipinski definition) is 0. The minimum absolute atomic E-state index is 0.156. The van der Waals surface area contributed by atoms with Gasteiger partial charge in [0, 0.05) is 6.42 Å². The van der Waals surface area contributed by atoms with Crippen molar-refractivity contribution in [2.45, 2.75) is 18.2 Å². The van der Waals surface area contributed by atoms with Crippen LogP contribution in [0.2, 0.25) is 0 Å². The lowest BCUT2D eigenvalue weighted by molar-refractivity contribution is -0.118. The lowest BCUT2D eigenvalue weighted by Crippen LogP contribution is -2.27. The molecule has 4 aromatic rings. The van der Waals surface area contributed by atoms with Crippen molar-refractivity contribution in [1.29, 1.82) is 0 Å². The van der Waals surface area contributed by atoms with Crippen LogP contribution < -0.4 is 5.01 Å². The summed E-state index contributed by atoms with van der Waals surface area (Å²) in [5.74, 6) is -1.31. The van der Waals surface area contributed by atoms with E-state index in [0.717, 1.165) is 27.5 Å². The molecule has 33 heavy (non-hydrogen) atoms. The monoisotopic (exact) mass is 481 g/mol. The molecule has 0 saturated carbocycles. The minimum Gasteiger partial charge on any atom is -0.272 e. The highest BCUT2D eigenvalue weighted by Crippen LogP contribution is 2.30. The zero-order valence-corrected chi connectivity index (χ0v) is 19.3. The Bertz CT molecular complexity index is 1420. The van der Waals surface area contributed by atoms with Crippen molar-refractivity contribution in [3.05, 3.63) is 89.7 Å². The van der Waals surface area contributed by atoms with Gasteiger partial charge in [-0.05, 0) is 42.8 Å². The molecule has 1 amide bonds. The van der Waals surface area contributed by atoms with Crippen molar-refractivity contribution >= 4 is 48.6 Å². The first-order valence-electron chi connectivity index (χ1n) is 10.1. The smallest absolute Gasteiger partial charge is 0.250 e. The second kappa shape index (κ2) is 9.60. The number of thiazole rings is 1. The van der Waals surface area contributed by atoms with Gasteiger partial charge in [0.1, 0.15) is 5.82 Å². The van der Waals surface area contributed by atoms with Crippen molar-refractivity contribution in [3.8, 4) is 0 Å². The number of hydrogen-bond acceptors (Lipinski definition) is 6. The van der Waals surface area contributed by atoms with E-state index in [-0.39, 0.29) is 22.2 Å². The number of benzene rings is 3. The number of aromatic nitrogens is 1. The number of anilines is 1. The van der Waals surface area contributed by atoms with E-state index < -0.39 is 21.6 Å². The van der Waals surface area contributed by atoms with Crippen LogP contribution in [-0.4, -0.2) is 31.3 Å². The second-order valence-electron chi connectivity index (χ2n) is 7.35. The van der Waals surface area contributed by atoms with Crippen LogP contribution in [0.1, 0.15) is 17.5 Å². The average Bonchev–Trinajstić information content (AvgIpc) is 3.22. The van der Waals surface area contributed by atoms with E-state index in [4.69, 9.17) is 0 Å². The fourth-order valence-electron chi connectivity index (χ4n) is 3.05. The molecule has 9 heteroatoms. The molecule has 0 radical (unpaired) electrons. The van der Waals surface area contributed by atoms with Crippen molar-refractivity contribution in [2.75, 3.05) is 10.8 Å². The highest BCUT2D eigenvalue weighted by molar-refractivity contribution is 7.91. The first-order valence-corrected chi connectivity index (χ1v) is 12.6. The topological polar surface area (TPSA) is 79.7 Å². The zero-order chi connectivity index (χ0) is 23.4.